The number of nitrogens with zero attached hydrogens (tertiary/aromatic N) is 2. The molecule has 22 heavy (non-hydrogen) atoms. The van der Waals surface area contributed by atoms with Crippen LogP contribution < -0.4 is 11.1 Å². The highest BCUT2D eigenvalue weighted by Gasteiger charge is 2.24. The average Bonchev–Trinajstić information content (AvgIpc) is 2.55. The van der Waals surface area contributed by atoms with Gasteiger partial charge in [0.15, 0.2) is 0 Å². The number of alkyl halides is 1. The molecule has 1 aromatic carbocycles. The SMILES string of the molecule is Nc1ccc(C(=O)N2CCN(C(=O)NCCCCl)CC2)cc1. The third-order valence-electron chi connectivity index (χ3n) is 3.60. The smallest absolute Gasteiger partial charge is 0.317 e. The second-order valence-electron chi connectivity index (χ2n) is 5.18. The summed E-state index contributed by atoms with van der Waals surface area (Å²) in [5, 5.41) is 2.82. The van der Waals surface area contributed by atoms with Gasteiger partial charge in [0, 0.05) is 49.9 Å². The van der Waals surface area contributed by atoms with Gasteiger partial charge in [0.2, 0.25) is 0 Å². The van der Waals surface area contributed by atoms with E-state index in [0.29, 0.717) is 49.9 Å². The van der Waals surface area contributed by atoms with E-state index in [9.17, 15) is 9.59 Å². The Balaban J connectivity index is 1.82. The Bertz CT molecular complexity index is 513. The molecule has 0 radical (unpaired) electrons. The third-order valence-corrected chi connectivity index (χ3v) is 3.87. The highest BCUT2D eigenvalue weighted by molar-refractivity contribution is 6.17. The Morgan fingerprint density at radius 1 is 1.09 bits per heavy atom. The zero-order valence-corrected chi connectivity index (χ0v) is 13.2. The first-order chi connectivity index (χ1) is 10.6. The minimum Gasteiger partial charge on any atom is -0.399 e. The van der Waals surface area contributed by atoms with Gasteiger partial charge in [0.25, 0.3) is 5.91 Å². The maximum atomic E-state index is 12.3. The molecule has 3 amide bonds. The zero-order valence-electron chi connectivity index (χ0n) is 12.4. The van der Waals surface area contributed by atoms with Gasteiger partial charge >= 0.3 is 6.03 Å². The third kappa shape index (κ3) is 4.27. The number of carbonyl (C=O) groups excluding carboxylic acids is 2. The number of hydrogen-bond donors (Lipinski definition) is 2. The molecule has 1 aliphatic rings. The molecule has 120 valence electrons. The number of nitrogens with two attached hydrogens (primary N) is 1. The van der Waals surface area contributed by atoms with Gasteiger partial charge in [-0.15, -0.1) is 11.6 Å². The van der Waals surface area contributed by atoms with Crippen LogP contribution in [0.1, 0.15) is 16.8 Å². The summed E-state index contributed by atoms with van der Waals surface area (Å²) in [6.07, 6.45) is 0.753. The highest BCUT2D eigenvalue weighted by atomic mass is 35.5. The summed E-state index contributed by atoms with van der Waals surface area (Å²) in [4.78, 5) is 27.7. The van der Waals surface area contributed by atoms with Crippen molar-refractivity contribution in [3.05, 3.63) is 29.8 Å². The van der Waals surface area contributed by atoms with Crippen LogP contribution >= 0.6 is 11.6 Å². The summed E-state index contributed by atoms with van der Waals surface area (Å²) >= 11 is 5.58. The molecular weight excluding hydrogens is 304 g/mol. The fourth-order valence-electron chi connectivity index (χ4n) is 2.29. The van der Waals surface area contributed by atoms with Crippen molar-refractivity contribution in [3.8, 4) is 0 Å². The van der Waals surface area contributed by atoms with E-state index in [2.05, 4.69) is 5.32 Å². The molecule has 1 heterocycles. The van der Waals surface area contributed by atoms with Crippen LogP contribution in [0.2, 0.25) is 0 Å². The first-order valence-corrected chi connectivity index (χ1v) is 7.89. The van der Waals surface area contributed by atoms with Crippen LogP contribution in [0.4, 0.5) is 10.5 Å². The summed E-state index contributed by atoms with van der Waals surface area (Å²) < 4.78 is 0. The predicted molar refractivity (Wildman–Crippen MR) is 87.1 cm³/mol. The van der Waals surface area contributed by atoms with Gasteiger partial charge in [0.05, 0.1) is 0 Å². The molecule has 1 saturated heterocycles. The second-order valence-corrected chi connectivity index (χ2v) is 5.55. The minimum absolute atomic E-state index is 0.0257. The Morgan fingerprint density at radius 2 is 1.68 bits per heavy atom. The lowest BCUT2D eigenvalue weighted by Crippen LogP contribution is -2.53. The van der Waals surface area contributed by atoms with Gasteiger partial charge in [-0.3, -0.25) is 4.79 Å². The summed E-state index contributed by atoms with van der Waals surface area (Å²) in [5.74, 6) is 0.506. The molecule has 6 nitrogen and oxygen atoms in total. The first-order valence-electron chi connectivity index (χ1n) is 7.35. The minimum atomic E-state index is -0.0929. The Hall–Kier alpha value is -1.95. The number of piperazine rings is 1. The Labute approximate surface area is 135 Å². The van der Waals surface area contributed by atoms with E-state index in [4.69, 9.17) is 17.3 Å². The van der Waals surface area contributed by atoms with E-state index in [0.717, 1.165) is 6.42 Å². The molecule has 2 rings (SSSR count). The van der Waals surface area contributed by atoms with E-state index in [1.54, 1.807) is 34.1 Å². The fraction of sp³-hybridized carbons (Fsp3) is 0.467. The van der Waals surface area contributed by atoms with Crippen molar-refractivity contribution < 1.29 is 9.59 Å². The quantitative estimate of drug-likeness (QED) is 0.499. The number of anilines is 1. The van der Waals surface area contributed by atoms with Crippen molar-refractivity contribution in [1.82, 2.24) is 15.1 Å². The van der Waals surface area contributed by atoms with Crippen LogP contribution in [-0.2, 0) is 0 Å². The van der Waals surface area contributed by atoms with Crippen molar-refractivity contribution in [1.29, 1.82) is 0 Å². The van der Waals surface area contributed by atoms with Crippen LogP contribution in [0.3, 0.4) is 0 Å². The van der Waals surface area contributed by atoms with Gasteiger partial charge in [0.1, 0.15) is 0 Å². The van der Waals surface area contributed by atoms with Crippen LogP contribution in [0, 0.1) is 0 Å². The van der Waals surface area contributed by atoms with Crippen LogP contribution in [0.5, 0.6) is 0 Å². The molecule has 0 saturated carbocycles. The van der Waals surface area contributed by atoms with Crippen molar-refractivity contribution in [3.63, 3.8) is 0 Å². The van der Waals surface area contributed by atoms with E-state index in [-0.39, 0.29) is 11.9 Å². The number of hydrogen-bond acceptors (Lipinski definition) is 3. The molecule has 1 aromatic rings. The van der Waals surface area contributed by atoms with E-state index >= 15 is 0 Å². The predicted octanol–water partition coefficient (Wildman–Crippen LogP) is 1.37. The maximum absolute atomic E-state index is 12.3. The Morgan fingerprint density at radius 3 is 2.27 bits per heavy atom. The average molecular weight is 325 g/mol. The number of halogens is 1. The molecule has 0 aliphatic carbocycles. The van der Waals surface area contributed by atoms with Crippen molar-refractivity contribution in [2.45, 2.75) is 6.42 Å². The number of rotatable bonds is 4. The summed E-state index contributed by atoms with van der Waals surface area (Å²) in [5.41, 5.74) is 6.88. The molecule has 0 bridgehead atoms. The molecule has 0 atom stereocenters. The van der Waals surface area contributed by atoms with E-state index in [1.807, 2.05) is 0 Å². The van der Waals surface area contributed by atoms with Gasteiger partial charge in [-0.25, -0.2) is 4.79 Å². The monoisotopic (exact) mass is 324 g/mol. The lowest BCUT2D eigenvalue weighted by Gasteiger charge is -2.34. The van der Waals surface area contributed by atoms with Crippen LogP contribution in [-0.4, -0.2) is 60.3 Å². The largest absolute Gasteiger partial charge is 0.399 e. The molecule has 0 aromatic heterocycles. The summed E-state index contributed by atoms with van der Waals surface area (Å²) in [6.45, 7) is 2.71. The molecule has 7 heteroatoms. The van der Waals surface area contributed by atoms with E-state index < -0.39 is 0 Å². The molecule has 1 fully saturated rings. The molecule has 3 N–H and O–H groups in total. The standard InChI is InChI=1S/C15H21ClN4O2/c16-6-1-7-18-15(22)20-10-8-19(9-11-20)14(21)12-2-4-13(17)5-3-12/h2-5H,1,6-11,17H2,(H,18,22). The lowest BCUT2D eigenvalue weighted by atomic mass is 10.1. The molecule has 0 spiro atoms. The zero-order chi connectivity index (χ0) is 15.9. The number of carbonyl (C=O) groups is 2. The normalized spacial score (nSPS) is 14.8. The van der Waals surface area contributed by atoms with Crippen molar-refractivity contribution >= 4 is 29.2 Å². The topological polar surface area (TPSA) is 78.7 Å². The first kappa shape index (κ1) is 16.4. The Kier molecular flexibility index (Phi) is 5.89. The highest BCUT2D eigenvalue weighted by Crippen LogP contribution is 2.11. The molecule has 1 aliphatic heterocycles. The fourth-order valence-corrected chi connectivity index (χ4v) is 2.43. The summed E-state index contributed by atoms with van der Waals surface area (Å²) in [7, 11) is 0. The molecular formula is C15H21ClN4O2. The van der Waals surface area contributed by atoms with Gasteiger partial charge in [-0.1, -0.05) is 0 Å². The number of nitrogen functional groups attached to an aromatic ring is 1. The van der Waals surface area contributed by atoms with Crippen molar-refractivity contribution in [2.24, 2.45) is 0 Å². The van der Waals surface area contributed by atoms with Gasteiger partial charge in [-0.2, -0.15) is 0 Å². The second kappa shape index (κ2) is 7.89. The number of amides is 3. The lowest BCUT2D eigenvalue weighted by molar-refractivity contribution is 0.0665. The summed E-state index contributed by atoms with van der Waals surface area (Å²) in [6, 6.07) is 6.79. The van der Waals surface area contributed by atoms with Gasteiger partial charge < -0.3 is 20.9 Å². The number of benzene rings is 1. The van der Waals surface area contributed by atoms with E-state index in [1.165, 1.54) is 0 Å². The number of urea groups is 1. The van der Waals surface area contributed by atoms with Crippen LogP contribution in [0.15, 0.2) is 24.3 Å². The van der Waals surface area contributed by atoms with Crippen LogP contribution in [0.25, 0.3) is 0 Å². The molecule has 0 unspecified atom stereocenters. The number of nitrogens with one attached hydrogen (secondary N) is 1. The maximum Gasteiger partial charge on any atom is 0.317 e. The van der Waals surface area contributed by atoms with Crippen molar-refractivity contribution in [2.75, 3.05) is 44.3 Å². The van der Waals surface area contributed by atoms with Gasteiger partial charge in [-0.05, 0) is 30.7 Å².